The first-order chi connectivity index (χ1) is 6.07. The van der Waals surface area contributed by atoms with Gasteiger partial charge in [-0.2, -0.15) is 0 Å². The minimum Gasteiger partial charge on any atom is -0.330 e. The molecule has 0 aliphatic heterocycles. The quantitative estimate of drug-likeness (QED) is 0.637. The average Bonchev–Trinajstić information content (AvgIpc) is 2.04. The van der Waals surface area contributed by atoms with Gasteiger partial charge in [-0.3, -0.25) is 0 Å². The summed E-state index contributed by atoms with van der Waals surface area (Å²) < 4.78 is 0. The second kappa shape index (κ2) is 7.34. The second-order valence-electron chi connectivity index (χ2n) is 4.56. The van der Waals surface area contributed by atoms with Gasteiger partial charge < -0.3 is 11.1 Å². The molecule has 2 unspecified atom stereocenters. The summed E-state index contributed by atoms with van der Waals surface area (Å²) in [6, 6.07) is 0. The molecule has 2 nitrogen and oxygen atoms in total. The van der Waals surface area contributed by atoms with E-state index in [1.54, 1.807) is 0 Å². The van der Waals surface area contributed by atoms with E-state index in [0.29, 0.717) is 5.92 Å². The Morgan fingerprint density at radius 2 is 1.69 bits per heavy atom. The minimum absolute atomic E-state index is 0.712. The summed E-state index contributed by atoms with van der Waals surface area (Å²) in [6.07, 6.45) is 1.13. The molecule has 0 heterocycles. The van der Waals surface area contributed by atoms with Crippen molar-refractivity contribution in [2.45, 2.75) is 34.1 Å². The van der Waals surface area contributed by atoms with Crippen LogP contribution in [0, 0.1) is 17.8 Å². The Hall–Kier alpha value is -0.0800. The molecule has 2 heteroatoms. The Morgan fingerprint density at radius 1 is 1.08 bits per heavy atom. The lowest BCUT2D eigenvalue weighted by molar-refractivity contribution is 0.374. The van der Waals surface area contributed by atoms with Crippen molar-refractivity contribution < 1.29 is 0 Å². The van der Waals surface area contributed by atoms with Gasteiger partial charge in [0.15, 0.2) is 0 Å². The molecule has 13 heavy (non-hydrogen) atoms. The smallest absolute Gasteiger partial charge is 0.00206 e. The Labute approximate surface area is 83.3 Å². The van der Waals surface area contributed by atoms with Crippen LogP contribution in [0.5, 0.6) is 0 Å². The van der Waals surface area contributed by atoms with Gasteiger partial charge in [0.05, 0.1) is 0 Å². The zero-order valence-corrected chi connectivity index (χ0v) is 9.64. The third-order valence-corrected chi connectivity index (χ3v) is 2.76. The van der Waals surface area contributed by atoms with E-state index in [1.165, 1.54) is 0 Å². The molecule has 0 aromatic rings. The summed E-state index contributed by atoms with van der Waals surface area (Å²) in [6.45, 7) is 12.1. The van der Waals surface area contributed by atoms with Gasteiger partial charge in [0.2, 0.25) is 0 Å². The molecule has 2 atom stereocenters. The Balaban J connectivity index is 3.33. The zero-order chi connectivity index (χ0) is 10.3. The topological polar surface area (TPSA) is 38.0 Å². The third kappa shape index (κ3) is 7.03. The van der Waals surface area contributed by atoms with Crippen LogP contribution in [0.2, 0.25) is 0 Å². The maximum absolute atomic E-state index is 5.48. The summed E-state index contributed by atoms with van der Waals surface area (Å²) in [7, 11) is 0. The third-order valence-electron chi connectivity index (χ3n) is 2.76. The monoisotopic (exact) mass is 186 g/mol. The van der Waals surface area contributed by atoms with E-state index in [1.807, 2.05) is 0 Å². The van der Waals surface area contributed by atoms with Gasteiger partial charge in [-0.25, -0.2) is 0 Å². The van der Waals surface area contributed by atoms with E-state index < -0.39 is 0 Å². The van der Waals surface area contributed by atoms with E-state index in [-0.39, 0.29) is 0 Å². The molecule has 0 aliphatic rings. The fraction of sp³-hybridized carbons (Fsp3) is 1.00. The SMILES string of the molecule is CC(CCN)CNCC(C)C(C)C. The minimum atomic E-state index is 0.712. The molecule has 0 bridgehead atoms. The molecule has 0 aromatic carbocycles. The maximum atomic E-state index is 5.48. The van der Waals surface area contributed by atoms with Crippen molar-refractivity contribution in [2.24, 2.45) is 23.5 Å². The zero-order valence-electron chi connectivity index (χ0n) is 9.64. The molecule has 0 spiro atoms. The van der Waals surface area contributed by atoms with Crippen LogP contribution in [-0.2, 0) is 0 Å². The predicted octanol–water partition coefficient (Wildman–Crippen LogP) is 1.85. The highest BCUT2D eigenvalue weighted by Crippen LogP contribution is 2.07. The Kier molecular flexibility index (Phi) is 7.29. The molecule has 3 N–H and O–H groups in total. The van der Waals surface area contributed by atoms with Crippen LogP contribution in [0.25, 0.3) is 0 Å². The normalized spacial score (nSPS) is 16.2. The molecule has 0 aromatic heterocycles. The predicted molar refractivity (Wildman–Crippen MR) is 59.7 cm³/mol. The molecule has 0 amide bonds. The van der Waals surface area contributed by atoms with Crippen LogP contribution in [0.4, 0.5) is 0 Å². The standard InChI is InChI=1S/C11H26N2/c1-9(2)11(4)8-13-7-10(3)5-6-12/h9-11,13H,5-8,12H2,1-4H3. The first-order valence-corrected chi connectivity index (χ1v) is 5.48. The summed E-state index contributed by atoms with van der Waals surface area (Å²) >= 11 is 0. The van der Waals surface area contributed by atoms with Crippen LogP contribution >= 0.6 is 0 Å². The van der Waals surface area contributed by atoms with Gasteiger partial charge in [0.25, 0.3) is 0 Å². The van der Waals surface area contributed by atoms with Crippen LogP contribution < -0.4 is 11.1 Å². The highest BCUT2D eigenvalue weighted by atomic mass is 14.9. The van der Waals surface area contributed by atoms with Crippen LogP contribution in [0.15, 0.2) is 0 Å². The summed E-state index contributed by atoms with van der Waals surface area (Å²) in [5.41, 5.74) is 5.48. The van der Waals surface area contributed by atoms with Crippen molar-refractivity contribution in [3.8, 4) is 0 Å². The summed E-state index contributed by atoms with van der Waals surface area (Å²) in [5, 5.41) is 3.50. The largest absolute Gasteiger partial charge is 0.330 e. The van der Waals surface area contributed by atoms with Gasteiger partial charge in [-0.15, -0.1) is 0 Å². The van der Waals surface area contributed by atoms with Crippen molar-refractivity contribution in [1.82, 2.24) is 5.32 Å². The van der Waals surface area contributed by atoms with Crippen molar-refractivity contribution in [3.63, 3.8) is 0 Å². The van der Waals surface area contributed by atoms with E-state index in [2.05, 4.69) is 33.0 Å². The summed E-state index contributed by atoms with van der Waals surface area (Å²) in [5.74, 6) is 2.26. The highest BCUT2D eigenvalue weighted by molar-refractivity contribution is 4.63. The first-order valence-electron chi connectivity index (χ1n) is 5.48. The fourth-order valence-corrected chi connectivity index (χ4v) is 1.18. The lowest BCUT2D eigenvalue weighted by Gasteiger charge is -2.18. The number of nitrogens with two attached hydrogens (primary N) is 1. The van der Waals surface area contributed by atoms with Crippen LogP contribution in [-0.4, -0.2) is 19.6 Å². The molecule has 0 fully saturated rings. The lowest BCUT2D eigenvalue weighted by Crippen LogP contribution is -2.28. The van der Waals surface area contributed by atoms with Crippen molar-refractivity contribution in [2.75, 3.05) is 19.6 Å². The van der Waals surface area contributed by atoms with Gasteiger partial charge in [-0.1, -0.05) is 27.7 Å². The molecule has 0 saturated carbocycles. The molecule has 80 valence electrons. The molecular formula is C11H26N2. The molecule has 0 saturated heterocycles. The fourth-order valence-electron chi connectivity index (χ4n) is 1.18. The van der Waals surface area contributed by atoms with Crippen LogP contribution in [0.3, 0.4) is 0 Å². The average molecular weight is 186 g/mol. The van der Waals surface area contributed by atoms with E-state index in [0.717, 1.165) is 37.9 Å². The first kappa shape index (κ1) is 12.9. The van der Waals surface area contributed by atoms with Gasteiger partial charge >= 0.3 is 0 Å². The van der Waals surface area contributed by atoms with Gasteiger partial charge in [-0.05, 0) is 43.8 Å². The number of rotatable bonds is 7. The highest BCUT2D eigenvalue weighted by Gasteiger charge is 2.07. The molecule has 0 rings (SSSR count). The van der Waals surface area contributed by atoms with Crippen LogP contribution in [0.1, 0.15) is 34.1 Å². The van der Waals surface area contributed by atoms with E-state index >= 15 is 0 Å². The van der Waals surface area contributed by atoms with Crippen molar-refractivity contribution >= 4 is 0 Å². The molecular weight excluding hydrogens is 160 g/mol. The Morgan fingerprint density at radius 3 is 2.15 bits per heavy atom. The molecule has 0 aliphatic carbocycles. The van der Waals surface area contributed by atoms with Crippen molar-refractivity contribution in [3.05, 3.63) is 0 Å². The van der Waals surface area contributed by atoms with E-state index in [4.69, 9.17) is 5.73 Å². The van der Waals surface area contributed by atoms with Gasteiger partial charge in [0, 0.05) is 0 Å². The number of nitrogens with one attached hydrogen (secondary N) is 1. The number of hydrogen-bond acceptors (Lipinski definition) is 2. The van der Waals surface area contributed by atoms with Gasteiger partial charge in [0.1, 0.15) is 0 Å². The summed E-state index contributed by atoms with van der Waals surface area (Å²) in [4.78, 5) is 0. The lowest BCUT2D eigenvalue weighted by atomic mass is 9.98. The second-order valence-corrected chi connectivity index (χ2v) is 4.56. The number of hydrogen-bond donors (Lipinski definition) is 2. The van der Waals surface area contributed by atoms with E-state index in [9.17, 15) is 0 Å². The molecule has 0 radical (unpaired) electrons. The maximum Gasteiger partial charge on any atom is -0.00206 e. The Bertz CT molecular complexity index is 113. The van der Waals surface area contributed by atoms with Crippen molar-refractivity contribution in [1.29, 1.82) is 0 Å².